The molecule has 0 N–H and O–H groups in total. The molecule has 5 heavy (non-hydrogen) atoms. The van der Waals surface area contributed by atoms with Crippen molar-refractivity contribution in [3.05, 3.63) is 0 Å². The van der Waals surface area contributed by atoms with Crippen LogP contribution in [0.5, 0.6) is 0 Å². The molecular formula is La2O3. The molecule has 0 fully saturated rings. The van der Waals surface area contributed by atoms with E-state index in [-0.39, 0.29) is 0 Å². The molecule has 0 unspecified atom stereocenters. The maximum atomic E-state index is 9.37. The van der Waals surface area contributed by atoms with Crippen LogP contribution in [0.1, 0.15) is 0 Å². The Kier molecular flexibility index (Phi) is 8.27. The van der Waals surface area contributed by atoms with Crippen LogP contribution in [0.2, 0.25) is 0 Å². The fraction of sp³-hybridized carbons (Fsp3) is 0. The molecule has 0 rings (SSSR count). The topological polar surface area (TPSA) is 43.4 Å². The minimum absolute atomic E-state index is 2.02. The average Bonchev–Trinajstić information content (AvgIpc) is 1.41. The van der Waals surface area contributed by atoms with Crippen LogP contribution < -0.4 is 0 Å². The standard InChI is InChI=1S/2La.3O. The Balaban J connectivity index is 2.65. The summed E-state index contributed by atoms with van der Waals surface area (Å²) in [6.45, 7) is 0. The van der Waals surface area contributed by atoms with E-state index in [0.29, 0.717) is 0 Å². The van der Waals surface area contributed by atoms with E-state index < -0.39 is 65.0 Å². The van der Waals surface area contributed by atoms with Crippen molar-refractivity contribution in [3.8, 4) is 0 Å². The van der Waals surface area contributed by atoms with Crippen LogP contribution in [-0.4, -0.2) is 0 Å². The summed E-state index contributed by atoms with van der Waals surface area (Å²) in [6, 6.07) is 0. The molecule has 0 saturated carbocycles. The summed E-state index contributed by atoms with van der Waals surface area (Å²) < 4.78 is 22.9. The van der Waals surface area contributed by atoms with Gasteiger partial charge >= 0.3 is 67.0 Å². The van der Waals surface area contributed by atoms with Gasteiger partial charge in [0.1, 0.15) is 0 Å². The Morgan fingerprint density at radius 3 is 1.60 bits per heavy atom. The minimum atomic E-state index is -2.02. The van der Waals surface area contributed by atoms with Gasteiger partial charge in [0.05, 0.1) is 0 Å². The Labute approximate surface area is 65.4 Å². The van der Waals surface area contributed by atoms with E-state index in [9.17, 15) is 3.39 Å². The second kappa shape index (κ2) is 5.95. The average molecular weight is 326 g/mol. The quantitative estimate of drug-likeness (QED) is 0.700. The van der Waals surface area contributed by atoms with Gasteiger partial charge in [-0.25, -0.2) is 0 Å². The molecule has 0 heterocycles. The van der Waals surface area contributed by atoms with Crippen molar-refractivity contribution in [1.82, 2.24) is 0 Å². The summed E-state index contributed by atoms with van der Waals surface area (Å²) in [5, 5.41) is 0. The number of hydrogen-bond donors (Lipinski definition) is 0. The first-order chi connectivity index (χ1) is 2.41. The molecule has 3 nitrogen and oxygen atoms in total. The summed E-state index contributed by atoms with van der Waals surface area (Å²) in [7, 11) is 0. The Morgan fingerprint density at radius 2 is 1.60 bits per heavy atom. The predicted octanol–water partition coefficient (Wildman–Crippen LogP) is -0.306. The molecule has 0 atom stereocenters. The molecule has 0 spiro atoms. The fourth-order valence-corrected chi connectivity index (χ4v) is 1.20. The van der Waals surface area contributed by atoms with Crippen LogP contribution in [0.15, 0.2) is 0 Å². The van der Waals surface area contributed by atoms with Crippen molar-refractivity contribution in [3.63, 3.8) is 0 Å². The molecule has 0 aliphatic carbocycles. The second-order valence-corrected chi connectivity index (χ2v) is 8.61. The third kappa shape index (κ3) is 5.95. The maximum absolute atomic E-state index is 9.37. The first-order valence-corrected chi connectivity index (χ1v) is 6.86. The van der Waals surface area contributed by atoms with E-state index in [1.807, 2.05) is 0 Å². The molecule has 0 bridgehead atoms. The van der Waals surface area contributed by atoms with Gasteiger partial charge < -0.3 is 0 Å². The summed E-state index contributed by atoms with van der Waals surface area (Å²) >= 11 is -4.04. The first kappa shape index (κ1) is 6.95. The summed E-state index contributed by atoms with van der Waals surface area (Å²) in [5.74, 6) is 0. The third-order valence-corrected chi connectivity index (χ3v) is 5.89. The normalized spacial score (nSPS) is 4.80. The van der Waals surface area contributed by atoms with Crippen LogP contribution in [0.4, 0.5) is 0 Å². The monoisotopic (exact) mass is 326 g/mol. The van der Waals surface area contributed by atoms with E-state index in [0.717, 1.165) is 0 Å². The van der Waals surface area contributed by atoms with Crippen molar-refractivity contribution in [2.45, 2.75) is 0 Å². The van der Waals surface area contributed by atoms with Gasteiger partial charge in [-0.1, -0.05) is 0 Å². The van der Waals surface area contributed by atoms with Gasteiger partial charge in [0.15, 0.2) is 0 Å². The van der Waals surface area contributed by atoms with Crippen LogP contribution >= 0.6 is 0 Å². The van der Waals surface area contributed by atoms with Gasteiger partial charge in [0, 0.05) is 0 Å². The second-order valence-electron chi connectivity index (χ2n) is 0.329. The number of rotatable bonds is 2. The molecular weight excluding hydrogens is 326 g/mol. The molecule has 0 aromatic heterocycles. The first-order valence-electron chi connectivity index (χ1n) is 0.943. The van der Waals surface area contributed by atoms with E-state index in [2.05, 4.69) is -1.33 Å². The molecule has 0 saturated heterocycles. The van der Waals surface area contributed by atoms with E-state index >= 15 is 0 Å². The molecule has 0 amide bonds. The molecule has 0 aliphatic rings. The van der Waals surface area contributed by atoms with Gasteiger partial charge in [-0.2, -0.15) is 0 Å². The Hall–Kier alpha value is 1.95. The molecule has 0 aromatic carbocycles. The van der Waals surface area contributed by atoms with Crippen LogP contribution in [-0.2, 0) is 2.06 Å². The SMILES string of the molecule is [O]=[La][O][La]=[O]. The summed E-state index contributed by atoms with van der Waals surface area (Å²) in [6.07, 6.45) is 0. The molecule has 0 radical (unpaired) electrons. The zero-order valence-corrected chi connectivity index (χ0v) is 9.63. The Bertz CT molecular complexity index is 34.2. The van der Waals surface area contributed by atoms with Crippen LogP contribution in [0, 0.1) is 65.0 Å². The van der Waals surface area contributed by atoms with E-state index in [1.54, 1.807) is 0 Å². The van der Waals surface area contributed by atoms with Crippen molar-refractivity contribution < 1.29 is 67.0 Å². The number of hydrogen-bond acceptors (Lipinski definition) is 3. The van der Waals surface area contributed by atoms with Gasteiger partial charge in [-0.15, -0.1) is 0 Å². The van der Waals surface area contributed by atoms with Crippen molar-refractivity contribution in [2.75, 3.05) is 0 Å². The molecule has 0 aromatic rings. The Morgan fingerprint density at radius 1 is 1.20 bits per heavy atom. The zero-order valence-electron chi connectivity index (χ0n) is 2.38. The van der Waals surface area contributed by atoms with Gasteiger partial charge in [0.2, 0.25) is 0 Å². The van der Waals surface area contributed by atoms with E-state index in [4.69, 9.17) is 0 Å². The zero-order chi connectivity index (χ0) is 4.12. The molecule has 0 aliphatic heterocycles. The van der Waals surface area contributed by atoms with Gasteiger partial charge in [-0.05, 0) is 0 Å². The fourth-order valence-electron chi connectivity index (χ4n) is 0.0227. The van der Waals surface area contributed by atoms with E-state index in [1.165, 1.54) is 0 Å². The predicted molar refractivity (Wildman–Crippen MR) is 2.46 cm³/mol. The molecule has 5 heteroatoms. The van der Waals surface area contributed by atoms with Crippen molar-refractivity contribution in [2.24, 2.45) is 0 Å². The molecule has 24 valence electrons. The van der Waals surface area contributed by atoms with Gasteiger partial charge in [-0.3, -0.25) is 0 Å². The van der Waals surface area contributed by atoms with Crippen LogP contribution in [0.3, 0.4) is 0 Å². The van der Waals surface area contributed by atoms with Crippen molar-refractivity contribution in [1.29, 1.82) is 0 Å². The summed E-state index contributed by atoms with van der Waals surface area (Å²) in [5.41, 5.74) is 0. The van der Waals surface area contributed by atoms with Gasteiger partial charge in [0.25, 0.3) is 0 Å². The third-order valence-electron chi connectivity index (χ3n) is 0.111. The summed E-state index contributed by atoms with van der Waals surface area (Å²) in [4.78, 5) is 0. The van der Waals surface area contributed by atoms with Crippen molar-refractivity contribution >= 4 is 0 Å². The van der Waals surface area contributed by atoms with Crippen LogP contribution in [0.25, 0.3) is 0 Å².